The molecule has 0 fully saturated rings. The summed E-state index contributed by atoms with van der Waals surface area (Å²) in [4.78, 5) is 14.2. The van der Waals surface area contributed by atoms with Crippen LogP contribution in [0.5, 0.6) is 5.75 Å². The number of fused-ring (bicyclic) bond motifs is 1. The van der Waals surface area contributed by atoms with Crippen LogP contribution in [0.1, 0.15) is 21.5 Å². The Hall–Kier alpha value is -1.89. The van der Waals surface area contributed by atoms with Gasteiger partial charge in [-0.1, -0.05) is 36.0 Å². The second-order valence-corrected chi connectivity index (χ2v) is 8.96. The van der Waals surface area contributed by atoms with Gasteiger partial charge in [0.2, 0.25) is 5.78 Å². The predicted molar refractivity (Wildman–Crippen MR) is 117 cm³/mol. The van der Waals surface area contributed by atoms with E-state index in [2.05, 4.69) is 31.9 Å². The molecule has 0 unspecified atom stereocenters. The summed E-state index contributed by atoms with van der Waals surface area (Å²) < 4.78 is 20.4. The molecule has 6 heteroatoms. The third-order valence-electron chi connectivity index (χ3n) is 4.19. The molecule has 1 aliphatic rings. The molecule has 28 heavy (non-hydrogen) atoms. The summed E-state index contributed by atoms with van der Waals surface area (Å²) in [7, 11) is 0. The van der Waals surface area contributed by atoms with Gasteiger partial charge in [-0.3, -0.25) is 4.79 Å². The first-order valence-electron chi connectivity index (χ1n) is 8.41. The largest absolute Gasteiger partial charge is 0.487 e. The second kappa shape index (κ2) is 8.23. The molecule has 1 aliphatic heterocycles. The first kappa shape index (κ1) is 19.4. The molecule has 0 atom stereocenters. The molecule has 0 aliphatic carbocycles. The van der Waals surface area contributed by atoms with Crippen molar-refractivity contribution in [1.29, 1.82) is 0 Å². The lowest BCUT2D eigenvalue weighted by atomic mass is 10.1. The number of rotatable bonds is 4. The average Bonchev–Trinajstić information content (AvgIpc) is 2.98. The van der Waals surface area contributed by atoms with Crippen LogP contribution in [0.2, 0.25) is 0 Å². The Morgan fingerprint density at radius 1 is 1.00 bits per heavy atom. The minimum Gasteiger partial charge on any atom is -0.487 e. The molecule has 0 spiro atoms. The Labute approximate surface area is 183 Å². The van der Waals surface area contributed by atoms with Crippen molar-refractivity contribution in [2.45, 2.75) is 11.5 Å². The van der Waals surface area contributed by atoms with Gasteiger partial charge < -0.3 is 4.74 Å². The van der Waals surface area contributed by atoms with E-state index in [1.807, 2.05) is 42.5 Å². The zero-order valence-electron chi connectivity index (χ0n) is 14.4. The van der Waals surface area contributed by atoms with E-state index in [1.54, 1.807) is 12.1 Å². The van der Waals surface area contributed by atoms with Crippen LogP contribution in [0.4, 0.5) is 4.39 Å². The van der Waals surface area contributed by atoms with E-state index >= 15 is 0 Å². The molecule has 3 aromatic rings. The highest BCUT2D eigenvalue weighted by Crippen LogP contribution is 2.42. The predicted octanol–water partition coefficient (Wildman–Crippen LogP) is 7.26. The van der Waals surface area contributed by atoms with Gasteiger partial charge in [0, 0.05) is 10.5 Å². The highest BCUT2D eigenvalue weighted by molar-refractivity contribution is 9.11. The average molecular weight is 520 g/mol. The number of hydrogen-bond acceptors (Lipinski definition) is 3. The topological polar surface area (TPSA) is 26.3 Å². The van der Waals surface area contributed by atoms with E-state index in [4.69, 9.17) is 4.74 Å². The molecule has 4 rings (SSSR count). The first-order valence-corrected chi connectivity index (χ1v) is 10.8. The van der Waals surface area contributed by atoms with Crippen LogP contribution in [-0.4, -0.2) is 5.78 Å². The number of ether oxygens (including phenoxy) is 1. The van der Waals surface area contributed by atoms with Gasteiger partial charge in [-0.25, -0.2) is 4.39 Å². The molecular weight excluding hydrogens is 507 g/mol. The summed E-state index contributed by atoms with van der Waals surface area (Å²) in [6, 6.07) is 17.6. The molecule has 0 saturated heterocycles. The van der Waals surface area contributed by atoms with Crippen LogP contribution < -0.4 is 4.74 Å². The minimum atomic E-state index is -0.273. The molecule has 0 N–H and O–H groups in total. The van der Waals surface area contributed by atoms with Gasteiger partial charge in [0.25, 0.3) is 0 Å². The third kappa shape index (κ3) is 4.09. The maximum absolute atomic E-state index is 13.0. The van der Waals surface area contributed by atoms with E-state index in [0.717, 1.165) is 30.5 Å². The maximum atomic E-state index is 13.0. The molecule has 0 amide bonds. The molecule has 0 aromatic heterocycles. The Bertz CT molecular complexity index is 1070. The van der Waals surface area contributed by atoms with E-state index < -0.39 is 0 Å². The smallest absolute Gasteiger partial charge is 0.200 e. The lowest BCUT2D eigenvalue weighted by Gasteiger charge is -2.12. The number of hydrogen-bond donors (Lipinski definition) is 0. The molecule has 2 nitrogen and oxygen atoms in total. The van der Waals surface area contributed by atoms with Crippen LogP contribution in [0, 0.1) is 5.82 Å². The molecule has 0 saturated carbocycles. The summed E-state index contributed by atoms with van der Waals surface area (Å²) >= 11 is 8.56. The fourth-order valence-electron chi connectivity index (χ4n) is 2.82. The van der Waals surface area contributed by atoms with Crippen molar-refractivity contribution >= 4 is 55.5 Å². The molecule has 0 radical (unpaired) electrons. The van der Waals surface area contributed by atoms with Gasteiger partial charge in [0.15, 0.2) is 0 Å². The minimum absolute atomic E-state index is 0.0458. The van der Waals surface area contributed by atoms with Crippen molar-refractivity contribution in [2.75, 3.05) is 0 Å². The SMILES string of the molecule is O=C1/C(=C/c2cc(Br)c(OCc3ccc(F)cc3)c(Br)c2)Sc2ccccc21. The molecule has 0 bridgehead atoms. The van der Waals surface area contributed by atoms with Gasteiger partial charge in [0.05, 0.1) is 13.9 Å². The molecule has 1 heterocycles. The van der Waals surface area contributed by atoms with Crippen molar-refractivity contribution in [3.05, 3.63) is 97.0 Å². The van der Waals surface area contributed by atoms with Crippen molar-refractivity contribution in [1.82, 2.24) is 0 Å². The number of thioether (sulfide) groups is 1. The number of allylic oxidation sites excluding steroid dienone is 1. The number of halogens is 3. The van der Waals surface area contributed by atoms with Gasteiger partial charge in [0.1, 0.15) is 18.2 Å². The Balaban J connectivity index is 1.55. The zero-order chi connectivity index (χ0) is 19.7. The lowest BCUT2D eigenvalue weighted by Crippen LogP contribution is -1.98. The lowest BCUT2D eigenvalue weighted by molar-refractivity contribution is 0.104. The van der Waals surface area contributed by atoms with Crippen LogP contribution >= 0.6 is 43.6 Å². The summed E-state index contributed by atoms with van der Waals surface area (Å²) in [5.74, 6) is 0.426. The summed E-state index contributed by atoms with van der Waals surface area (Å²) in [6.07, 6.45) is 1.88. The summed E-state index contributed by atoms with van der Waals surface area (Å²) in [5, 5.41) is 0. The molecule has 3 aromatic carbocycles. The van der Waals surface area contributed by atoms with Gasteiger partial charge >= 0.3 is 0 Å². The van der Waals surface area contributed by atoms with E-state index in [9.17, 15) is 9.18 Å². The number of benzene rings is 3. The monoisotopic (exact) mass is 518 g/mol. The zero-order valence-corrected chi connectivity index (χ0v) is 18.4. The maximum Gasteiger partial charge on any atom is 0.200 e. The van der Waals surface area contributed by atoms with Crippen LogP contribution in [-0.2, 0) is 6.61 Å². The molecule has 140 valence electrons. The van der Waals surface area contributed by atoms with Crippen molar-refractivity contribution in [3.63, 3.8) is 0 Å². The van der Waals surface area contributed by atoms with Crippen LogP contribution in [0.3, 0.4) is 0 Å². The number of ketones is 1. The number of Topliss-reactive ketones (excluding diaryl/α,β-unsaturated/α-hetero) is 1. The van der Waals surface area contributed by atoms with Gasteiger partial charge in [-0.15, -0.1) is 0 Å². The Morgan fingerprint density at radius 3 is 2.36 bits per heavy atom. The van der Waals surface area contributed by atoms with Crippen LogP contribution in [0.25, 0.3) is 6.08 Å². The van der Waals surface area contributed by atoms with Crippen LogP contribution in [0.15, 0.2) is 79.4 Å². The third-order valence-corrected chi connectivity index (χ3v) is 6.47. The second-order valence-electron chi connectivity index (χ2n) is 6.16. The van der Waals surface area contributed by atoms with Crippen molar-refractivity contribution in [2.24, 2.45) is 0 Å². The summed E-state index contributed by atoms with van der Waals surface area (Å²) in [6.45, 7) is 0.321. The number of carbonyl (C=O) groups excluding carboxylic acids is 1. The van der Waals surface area contributed by atoms with Gasteiger partial charge in [-0.2, -0.15) is 0 Å². The number of carbonyl (C=O) groups is 1. The van der Waals surface area contributed by atoms with E-state index in [1.165, 1.54) is 23.9 Å². The Morgan fingerprint density at radius 2 is 1.68 bits per heavy atom. The normalized spacial score (nSPS) is 14.4. The summed E-state index contributed by atoms with van der Waals surface area (Å²) in [5.41, 5.74) is 2.50. The fourth-order valence-corrected chi connectivity index (χ4v) is 5.33. The van der Waals surface area contributed by atoms with E-state index in [0.29, 0.717) is 17.3 Å². The highest BCUT2D eigenvalue weighted by Gasteiger charge is 2.25. The Kier molecular flexibility index (Phi) is 5.71. The van der Waals surface area contributed by atoms with Gasteiger partial charge in [-0.05, 0) is 85.5 Å². The van der Waals surface area contributed by atoms with E-state index in [-0.39, 0.29) is 11.6 Å². The fraction of sp³-hybridized carbons (Fsp3) is 0.0455. The standard InChI is InChI=1S/C22H13Br2FO2S/c23-17-9-14(11-20-21(26)16-3-1-2-4-19(16)28-20)10-18(24)22(17)27-12-13-5-7-15(25)8-6-13/h1-11H,12H2/b20-11-. The highest BCUT2D eigenvalue weighted by atomic mass is 79.9. The quantitative estimate of drug-likeness (QED) is 0.339. The van der Waals surface area contributed by atoms with Crippen molar-refractivity contribution < 1.29 is 13.9 Å². The molecular formula is C22H13Br2FO2S. The van der Waals surface area contributed by atoms with Crippen molar-refractivity contribution in [3.8, 4) is 5.75 Å². The first-order chi connectivity index (χ1) is 13.5.